The van der Waals surface area contributed by atoms with Gasteiger partial charge in [-0.2, -0.15) is 4.31 Å². The third kappa shape index (κ3) is 3.80. The molecule has 136 valence electrons. The van der Waals surface area contributed by atoms with E-state index in [0.717, 1.165) is 11.0 Å². The van der Waals surface area contributed by atoms with E-state index in [-0.39, 0.29) is 30.4 Å². The van der Waals surface area contributed by atoms with E-state index >= 15 is 0 Å². The first-order valence-electron chi connectivity index (χ1n) is 7.94. The Hall–Kier alpha value is -2.04. The van der Waals surface area contributed by atoms with E-state index in [4.69, 9.17) is 0 Å². The van der Waals surface area contributed by atoms with E-state index in [1.165, 1.54) is 22.5 Å². The highest BCUT2D eigenvalue weighted by atomic mass is 32.2. The summed E-state index contributed by atoms with van der Waals surface area (Å²) in [5, 5.41) is 2.57. The summed E-state index contributed by atoms with van der Waals surface area (Å²) in [5.74, 6) is -0.898. The average Bonchev–Trinajstić information content (AvgIpc) is 3.01. The first-order chi connectivity index (χ1) is 11.9. The molecule has 0 saturated carbocycles. The maximum atomic E-state index is 13.3. The molecule has 8 nitrogen and oxygen atoms in total. The van der Waals surface area contributed by atoms with Gasteiger partial charge in [0.2, 0.25) is 15.9 Å². The molecule has 2 heterocycles. The van der Waals surface area contributed by atoms with E-state index in [0.29, 0.717) is 26.2 Å². The third-order valence-electron chi connectivity index (χ3n) is 4.28. The molecule has 1 aromatic carbocycles. The van der Waals surface area contributed by atoms with Crippen molar-refractivity contribution in [3.8, 4) is 0 Å². The van der Waals surface area contributed by atoms with Crippen molar-refractivity contribution in [2.24, 2.45) is 0 Å². The van der Waals surface area contributed by atoms with Crippen LogP contribution in [0.15, 0.2) is 29.2 Å². The lowest BCUT2D eigenvalue weighted by Crippen LogP contribution is -2.51. The van der Waals surface area contributed by atoms with Crippen LogP contribution in [0.1, 0.15) is 0 Å². The second-order valence-corrected chi connectivity index (χ2v) is 7.85. The minimum absolute atomic E-state index is 0.0707. The van der Waals surface area contributed by atoms with Gasteiger partial charge < -0.3 is 5.32 Å². The van der Waals surface area contributed by atoms with Crippen molar-refractivity contribution in [1.82, 2.24) is 19.4 Å². The number of carbonyl (C=O) groups is 2. The Balaban J connectivity index is 1.58. The molecule has 0 aromatic heterocycles. The first kappa shape index (κ1) is 17.8. The Kier molecular flexibility index (Phi) is 5.02. The third-order valence-corrected chi connectivity index (χ3v) is 6.18. The number of hydrogen-bond donors (Lipinski definition) is 1. The van der Waals surface area contributed by atoms with Gasteiger partial charge in [-0.25, -0.2) is 17.6 Å². The Morgan fingerprint density at radius 1 is 1.16 bits per heavy atom. The molecule has 0 unspecified atom stereocenters. The molecule has 2 aliphatic rings. The highest BCUT2D eigenvalue weighted by Crippen LogP contribution is 2.18. The highest BCUT2D eigenvalue weighted by Gasteiger charge is 2.31. The molecule has 2 aliphatic heterocycles. The van der Waals surface area contributed by atoms with Gasteiger partial charge in [-0.15, -0.1) is 0 Å². The van der Waals surface area contributed by atoms with Gasteiger partial charge in [0.1, 0.15) is 5.82 Å². The lowest BCUT2D eigenvalue weighted by molar-refractivity contribution is -0.129. The number of piperazine rings is 1. The van der Waals surface area contributed by atoms with E-state index in [9.17, 15) is 22.4 Å². The number of nitrogens with zero attached hydrogens (tertiary/aromatic N) is 3. The SMILES string of the molecule is O=C(CN1CCN(S(=O)(=O)c2cccc(F)c2)CC1)N1CCNC1=O. The predicted octanol–water partition coefficient (Wildman–Crippen LogP) is -0.316. The van der Waals surface area contributed by atoms with E-state index in [1.54, 1.807) is 0 Å². The Morgan fingerprint density at radius 2 is 1.88 bits per heavy atom. The summed E-state index contributed by atoms with van der Waals surface area (Å²) in [6.07, 6.45) is 0. The van der Waals surface area contributed by atoms with Gasteiger partial charge in [-0.05, 0) is 18.2 Å². The molecule has 3 rings (SSSR count). The number of amides is 3. The van der Waals surface area contributed by atoms with Crippen LogP contribution in [0.5, 0.6) is 0 Å². The summed E-state index contributed by atoms with van der Waals surface area (Å²) in [4.78, 5) is 26.5. The number of carbonyl (C=O) groups excluding carboxylic acids is 2. The standard InChI is InChI=1S/C15H19FN4O4S/c16-12-2-1-3-13(10-12)25(23,24)19-8-6-18(7-9-19)11-14(21)20-5-4-17-15(20)22/h1-3,10H,4-9,11H2,(H,17,22). The summed E-state index contributed by atoms with van der Waals surface area (Å²) < 4.78 is 39.6. The van der Waals surface area contributed by atoms with Gasteiger partial charge in [0.05, 0.1) is 11.4 Å². The molecule has 3 amide bonds. The molecule has 1 N–H and O–H groups in total. The summed E-state index contributed by atoms with van der Waals surface area (Å²) in [5.41, 5.74) is 0. The molecular formula is C15H19FN4O4S. The molecule has 0 radical (unpaired) electrons. The number of benzene rings is 1. The summed E-state index contributed by atoms with van der Waals surface area (Å²) >= 11 is 0. The normalized spacial score (nSPS) is 19.9. The zero-order chi connectivity index (χ0) is 18.0. The highest BCUT2D eigenvalue weighted by molar-refractivity contribution is 7.89. The van der Waals surface area contributed by atoms with E-state index in [2.05, 4.69) is 5.32 Å². The predicted molar refractivity (Wildman–Crippen MR) is 86.7 cm³/mol. The second kappa shape index (κ2) is 7.06. The summed E-state index contributed by atoms with van der Waals surface area (Å²) in [6.45, 7) is 2.03. The molecule has 10 heteroatoms. The molecule has 0 aliphatic carbocycles. The fraction of sp³-hybridized carbons (Fsp3) is 0.467. The van der Waals surface area contributed by atoms with Gasteiger partial charge in [0.25, 0.3) is 0 Å². The van der Waals surface area contributed by atoms with Crippen molar-refractivity contribution in [2.45, 2.75) is 4.90 Å². The fourth-order valence-corrected chi connectivity index (χ4v) is 4.34. The van der Waals surface area contributed by atoms with Gasteiger partial charge in [0.15, 0.2) is 0 Å². The smallest absolute Gasteiger partial charge is 0.324 e. The molecule has 0 atom stereocenters. The van der Waals surface area contributed by atoms with Crippen LogP contribution in [0.3, 0.4) is 0 Å². The van der Waals surface area contributed by atoms with Crippen LogP contribution in [-0.4, -0.2) is 80.3 Å². The largest absolute Gasteiger partial charge is 0.336 e. The summed E-state index contributed by atoms with van der Waals surface area (Å²) in [6, 6.07) is 4.52. The maximum absolute atomic E-state index is 13.3. The zero-order valence-electron chi connectivity index (χ0n) is 13.5. The molecule has 0 bridgehead atoms. The molecule has 2 saturated heterocycles. The molecule has 0 spiro atoms. The first-order valence-corrected chi connectivity index (χ1v) is 9.38. The number of halogens is 1. The van der Waals surface area contributed by atoms with Gasteiger partial charge >= 0.3 is 6.03 Å². The zero-order valence-corrected chi connectivity index (χ0v) is 14.3. The molecular weight excluding hydrogens is 351 g/mol. The van der Waals surface area contributed by atoms with Crippen molar-refractivity contribution in [3.63, 3.8) is 0 Å². The maximum Gasteiger partial charge on any atom is 0.324 e. The number of nitrogens with one attached hydrogen (secondary N) is 1. The van der Waals surface area contributed by atoms with E-state index < -0.39 is 21.9 Å². The number of imide groups is 1. The van der Waals surface area contributed by atoms with Crippen molar-refractivity contribution >= 4 is 22.0 Å². The van der Waals surface area contributed by atoms with Crippen molar-refractivity contribution in [3.05, 3.63) is 30.1 Å². The van der Waals surface area contributed by atoms with Crippen LogP contribution in [-0.2, 0) is 14.8 Å². The number of sulfonamides is 1. The lowest BCUT2D eigenvalue weighted by atomic mass is 10.3. The van der Waals surface area contributed by atoms with Crippen LogP contribution < -0.4 is 5.32 Å². The van der Waals surface area contributed by atoms with E-state index in [1.807, 2.05) is 4.90 Å². The second-order valence-electron chi connectivity index (χ2n) is 5.91. The molecule has 1 aromatic rings. The van der Waals surface area contributed by atoms with Crippen molar-refractivity contribution in [1.29, 1.82) is 0 Å². The number of urea groups is 1. The van der Waals surface area contributed by atoms with Crippen LogP contribution in [0.25, 0.3) is 0 Å². The van der Waals surface area contributed by atoms with Crippen LogP contribution in [0.2, 0.25) is 0 Å². The van der Waals surface area contributed by atoms with Gasteiger partial charge in [-0.1, -0.05) is 6.07 Å². The number of rotatable bonds is 4. The fourth-order valence-electron chi connectivity index (χ4n) is 2.89. The average molecular weight is 370 g/mol. The topological polar surface area (TPSA) is 90.0 Å². The minimum Gasteiger partial charge on any atom is -0.336 e. The van der Waals surface area contributed by atoms with Gasteiger partial charge in [0, 0.05) is 39.3 Å². The van der Waals surface area contributed by atoms with Gasteiger partial charge in [-0.3, -0.25) is 14.6 Å². The monoisotopic (exact) mass is 370 g/mol. The molecule has 25 heavy (non-hydrogen) atoms. The van der Waals surface area contributed by atoms with Crippen LogP contribution in [0.4, 0.5) is 9.18 Å². The van der Waals surface area contributed by atoms with Crippen molar-refractivity contribution in [2.75, 3.05) is 45.8 Å². The Bertz CT molecular complexity index is 777. The Morgan fingerprint density at radius 3 is 2.48 bits per heavy atom. The molecule has 2 fully saturated rings. The summed E-state index contributed by atoms with van der Waals surface area (Å²) in [7, 11) is -3.75. The van der Waals surface area contributed by atoms with Crippen molar-refractivity contribution < 1.29 is 22.4 Å². The Labute approximate surface area is 145 Å². The minimum atomic E-state index is -3.75. The lowest BCUT2D eigenvalue weighted by Gasteiger charge is -2.34. The quantitative estimate of drug-likeness (QED) is 0.785. The number of hydrogen-bond acceptors (Lipinski definition) is 5. The van der Waals surface area contributed by atoms with Crippen LogP contribution in [0, 0.1) is 5.82 Å². The van der Waals surface area contributed by atoms with Crippen LogP contribution >= 0.6 is 0 Å².